The van der Waals surface area contributed by atoms with Gasteiger partial charge in [-0.15, -0.1) is 0 Å². The largest absolute Gasteiger partial charge is 0.392 e. The molecule has 0 bridgehead atoms. The van der Waals surface area contributed by atoms with E-state index < -0.39 is 0 Å². The van der Waals surface area contributed by atoms with Crippen LogP contribution in [0, 0.1) is 6.92 Å². The molecular weight excluding hydrogens is 143 g/mol. The van der Waals surface area contributed by atoms with Crippen molar-refractivity contribution >= 4 is 9.90 Å². The second-order valence-corrected chi connectivity index (χ2v) is 2.14. The molecule has 1 aromatic rings. The minimum Gasteiger partial charge on any atom is -0.392 e. The van der Waals surface area contributed by atoms with E-state index in [1.54, 1.807) is 0 Å². The summed E-state index contributed by atoms with van der Waals surface area (Å²) in [7, 11) is 0. The minimum absolute atomic E-state index is 0. The minimum atomic E-state index is 0. The summed E-state index contributed by atoms with van der Waals surface area (Å²) in [5.74, 6) is 0. The maximum absolute atomic E-state index is 8.63. The number of aryl methyl sites for hydroxylation is 1. The average molecular weight is 156 g/mol. The Hall–Kier alpha value is -0.390. The van der Waals surface area contributed by atoms with E-state index in [0.717, 1.165) is 5.56 Å². The summed E-state index contributed by atoms with van der Waals surface area (Å²) in [5, 5.41) is 8.63. The second-order valence-electron chi connectivity index (χ2n) is 2.14. The molecule has 0 saturated carbocycles. The summed E-state index contributed by atoms with van der Waals surface area (Å²) >= 11 is 0. The fraction of sp³-hybridized carbons (Fsp3) is 0.250. The second kappa shape index (κ2) is 4.43. The Bertz CT molecular complexity index is 181. The molecule has 0 aliphatic carbocycles. The first-order valence-corrected chi connectivity index (χ1v) is 2.99. The van der Waals surface area contributed by atoms with Crippen molar-refractivity contribution in [2.24, 2.45) is 0 Å². The van der Waals surface area contributed by atoms with Crippen LogP contribution in [0.25, 0.3) is 0 Å². The van der Waals surface area contributed by atoms with Gasteiger partial charge in [0, 0.05) is 0 Å². The lowest BCUT2D eigenvalue weighted by Crippen LogP contribution is -1.80. The number of hydrogen-bond donors (Lipinski definition) is 1. The Labute approximate surface area is 64.7 Å². The molecule has 0 saturated heterocycles. The third kappa shape index (κ3) is 2.47. The van der Waals surface area contributed by atoms with E-state index in [9.17, 15) is 0 Å². The first-order valence-electron chi connectivity index (χ1n) is 2.99. The third-order valence-electron chi connectivity index (χ3n) is 1.30. The third-order valence-corrected chi connectivity index (χ3v) is 1.30. The molecule has 1 nitrogen and oxygen atoms in total. The van der Waals surface area contributed by atoms with Crippen molar-refractivity contribution in [2.45, 2.75) is 13.5 Å². The van der Waals surface area contributed by atoms with Gasteiger partial charge in [-0.3, -0.25) is 0 Å². The first-order chi connectivity index (χ1) is 4.33. The lowest BCUT2D eigenvalue weighted by molar-refractivity contribution is 0.282. The highest BCUT2D eigenvalue weighted by atomic mass is 31.0. The van der Waals surface area contributed by atoms with Gasteiger partial charge < -0.3 is 5.11 Å². The van der Waals surface area contributed by atoms with Gasteiger partial charge in [-0.25, -0.2) is 0 Å². The zero-order valence-electron chi connectivity index (χ0n) is 6.17. The maximum atomic E-state index is 8.63. The van der Waals surface area contributed by atoms with E-state index in [-0.39, 0.29) is 16.5 Å². The first kappa shape index (κ1) is 9.61. The molecule has 0 aliphatic rings. The van der Waals surface area contributed by atoms with Crippen molar-refractivity contribution in [3.8, 4) is 0 Å². The van der Waals surface area contributed by atoms with Gasteiger partial charge >= 0.3 is 0 Å². The molecule has 2 heteroatoms. The Morgan fingerprint density at radius 3 is 2.10 bits per heavy atom. The van der Waals surface area contributed by atoms with E-state index in [0.29, 0.717) is 0 Å². The van der Waals surface area contributed by atoms with Crippen LogP contribution in [0.1, 0.15) is 11.1 Å². The number of benzene rings is 1. The Kier molecular flexibility index (Phi) is 4.26. The quantitative estimate of drug-likeness (QED) is 0.611. The zero-order valence-corrected chi connectivity index (χ0v) is 7.59. The molecule has 1 aromatic carbocycles. The molecule has 1 N–H and O–H groups in total. The number of aliphatic hydroxyl groups is 1. The van der Waals surface area contributed by atoms with E-state index in [1.165, 1.54) is 5.56 Å². The predicted molar refractivity (Wildman–Crippen MR) is 48.2 cm³/mol. The smallest absolute Gasteiger partial charge is 0.0681 e. The van der Waals surface area contributed by atoms with Gasteiger partial charge in [0.1, 0.15) is 0 Å². The van der Waals surface area contributed by atoms with Crippen molar-refractivity contribution in [3.05, 3.63) is 35.4 Å². The molecule has 0 aromatic heterocycles. The molecule has 0 aliphatic heterocycles. The standard InChI is InChI=1S/C8H10O.H3P/c1-7-2-4-8(6-9)5-3-7;/h2-5,9H,6H2,1H3;1H3. The number of rotatable bonds is 1. The number of aliphatic hydroxyl groups excluding tert-OH is 1. The van der Waals surface area contributed by atoms with E-state index in [2.05, 4.69) is 0 Å². The molecule has 1 unspecified atom stereocenters. The van der Waals surface area contributed by atoms with Gasteiger partial charge in [0.25, 0.3) is 0 Å². The highest BCUT2D eigenvalue weighted by molar-refractivity contribution is 6.92. The topological polar surface area (TPSA) is 20.2 Å². The summed E-state index contributed by atoms with van der Waals surface area (Å²) in [6.07, 6.45) is 0. The molecule has 0 spiro atoms. The molecule has 1 atom stereocenters. The molecule has 10 heavy (non-hydrogen) atoms. The predicted octanol–water partition coefficient (Wildman–Crippen LogP) is 1.55. The molecule has 0 amide bonds. The van der Waals surface area contributed by atoms with Crippen molar-refractivity contribution in [1.82, 2.24) is 0 Å². The van der Waals surface area contributed by atoms with Crippen LogP contribution in [-0.4, -0.2) is 5.11 Å². The van der Waals surface area contributed by atoms with Crippen molar-refractivity contribution < 1.29 is 5.11 Å². The maximum Gasteiger partial charge on any atom is 0.0681 e. The van der Waals surface area contributed by atoms with Gasteiger partial charge in [-0.1, -0.05) is 29.8 Å². The molecule has 0 fully saturated rings. The van der Waals surface area contributed by atoms with Crippen molar-refractivity contribution in [2.75, 3.05) is 0 Å². The van der Waals surface area contributed by atoms with Gasteiger partial charge in [0.15, 0.2) is 0 Å². The normalized spacial score (nSPS) is 8.60. The average Bonchev–Trinajstić information content (AvgIpc) is 1.90. The fourth-order valence-electron chi connectivity index (χ4n) is 0.693. The molecule has 0 heterocycles. The number of hydrogen-bond acceptors (Lipinski definition) is 1. The zero-order chi connectivity index (χ0) is 6.69. The molecular formula is C8H13OP. The van der Waals surface area contributed by atoms with Crippen molar-refractivity contribution in [1.29, 1.82) is 0 Å². The van der Waals surface area contributed by atoms with Crippen LogP contribution in [0.5, 0.6) is 0 Å². The van der Waals surface area contributed by atoms with E-state index in [4.69, 9.17) is 5.11 Å². The summed E-state index contributed by atoms with van der Waals surface area (Å²) in [5.41, 5.74) is 2.20. The van der Waals surface area contributed by atoms with Gasteiger partial charge in [0.2, 0.25) is 0 Å². The van der Waals surface area contributed by atoms with Gasteiger partial charge in [0.05, 0.1) is 6.61 Å². The van der Waals surface area contributed by atoms with Crippen LogP contribution in [0.4, 0.5) is 0 Å². The Morgan fingerprint density at radius 2 is 1.70 bits per heavy atom. The Morgan fingerprint density at radius 1 is 1.20 bits per heavy atom. The molecule has 56 valence electrons. The van der Waals surface area contributed by atoms with E-state index in [1.807, 2.05) is 31.2 Å². The monoisotopic (exact) mass is 156 g/mol. The van der Waals surface area contributed by atoms with Crippen LogP contribution in [0.15, 0.2) is 24.3 Å². The summed E-state index contributed by atoms with van der Waals surface area (Å²) < 4.78 is 0. The van der Waals surface area contributed by atoms with Crippen LogP contribution >= 0.6 is 9.90 Å². The van der Waals surface area contributed by atoms with Crippen LogP contribution in [-0.2, 0) is 6.61 Å². The lowest BCUT2D eigenvalue weighted by Gasteiger charge is -1.93. The van der Waals surface area contributed by atoms with Crippen LogP contribution < -0.4 is 0 Å². The van der Waals surface area contributed by atoms with Gasteiger partial charge in [-0.2, -0.15) is 9.90 Å². The summed E-state index contributed by atoms with van der Waals surface area (Å²) in [6, 6.07) is 7.84. The molecule has 1 rings (SSSR count). The van der Waals surface area contributed by atoms with Crippen molar-refractivity contribution in [3.63, 3.8) is 0 Å². The summed E-state index contributed by atoms with van der Waals surface area (Å²) in [4.78, 5) is 0. The Balaban J connectivity index is 0.000000810. The highest BCUT2D eigenvalue weighted by Gasteiger charge is 1.85. The van der Waals surface area contributed by atoms with E-state index >= 15 is 0 Å². The van der Waals surface area contributed by atoms with Gasteiger partial charge in [-0.05, 0) is 12.5 Å². The summed E-state index contributed by atoms with van der Waals surface area (Å²) in [6.45, 7) is 2.17. The lowest BCUT2D eigenvalue weighted by atomic mass is 10.2. The fourth-order valence-corrected chi connectivity index (χ4v) is 0.693. The van der Waals surface area contributed by atoms with Crippen LogP contribution in [0.3, 0.4) is 0 Å². The SMILES string of the molecule is Cc1ccc(CO)cc1.P. The highest BCUT2D eigenvalue weighted by Crippen LogP contribution is 2.01. The molecule has 0 radical (unpaired) electrons. The van der Waals surface area contributed by atoms with Crippen LogP contribution in [0.2, 0.25) is 0 Å².